The summed E-state index contributed by atoms with van der Waals surface area (Å²) in [5.74, 6) is 0.151. The van der Waals surface area contributed by atoms with Crippen molar-refractivity contribution < 1.29 is 9.72 Å². The number of aromatic nitrogens is 2. The normalized spacial score (nSPS) is 11.0. The van der Waals surface area contributed by atoms with Crippen LogP contribution in [0.3, 0.4) is 0 Å². The maximum Gasteiger partial charge on any atom is 0.272 e. The summed E-state index contributed by atoms with van der Waals surface area (Å²) in [7, 11) is 0. The van der Waals surface area contributed by atoms with Crippen molar-refractivity contribution in [3.8, 4) is 11.3 Å². The Hall–Kier alpha value is -2.65. The van der Waals surface area contributed by atoms with Gasteiger partial charge in [-0.3, -0.25) is 14.9 Å². The standard InChI is InChI=1S/C18H18N4O3S2/c1-10(2)17-19-13(8-26-17)7-16(23)21-18-20-14(9-27-18)12-5-4-11(3)15(6-12)22(24)25/h4-6,8-10H,7H2,1-3H3,(H,20,21,23). The zero-order valence-electron chi connectivity index (χ0n) is 15.1. The van der Waals surface area contributed by atoms with Gasteiger partial charge in [0.1, 0.15) is 0 Å². The Balaban J connectivity index is 1.69. The largest absolute Gasteiger partial charge is 0.302 e. The molecule has 9 heteroatoms. The minimum absolute atomic E-state index is 0.0515. The Morgan fingerprint density at radius 3 is 2.70 bits per heavy atom. The summed E-state index contributed by atoms with van der Waals surface area (Å²) < 4.78 is 0. The first kappa shape index (κ1) is 19.1. The molecule has 0 radical (unpaired) electrons. The zero-order chi connectivity index (χ0) is 19.6. The Morgan fingerprint density at radius 2 is 2.04 bits per heavy atom. The second-order valence-corrected chi connectivity index (χ2v) is 8.10. The third-order valence-corrected chi connectivity index (χ3v) is 5.81. The average Bonchev–Trinajstić information content (AvgIpc) is 3.24. The molecular weight excluding hydrogens is 384 g/mol. The lowest BCUT2D eigenvalue weighted by atomic mass is 10.1. The molecule has 0 aliphatic rings. The molecule has 140 valence electrons. The number of nitro groups is 1. The van der Waals surface area contributed by atoms with Gasteiger partial charge in [-0.25, -0.2) is 9.97 Å². The van der Waals surface area contributed by atoms with E-state index in [9.17, 15) is 14.9 Å². The molecule has 0 aliphatic carbocycles. The fourth-order valence-corrected chi connectivity index (χ4v) is 4.00. The van der Waals surface area contributed by atoms with Crippen LogP contribution in [0.15, 0.2) is 29.0 Å². The predicted molar refractivity (Wildman–Crippen MR) is 107 cm³/mol. The van der Waals surface area contributed by atoms with Gasteiger partial charge in [0.2, 0.25) is 5.91 Å². The molecule has 3 aromatic rings. The van der Waals surface area contributed by atoms with E-state index < -0.39 is 4.92 Å². The Labute approximate surface area is 164 Å². The number of rotatable bonds is 6. The first-order chi connectivity index (χ1) is 12.8. The number of amides is 1. The van der Waals surface area contributed by atoms with Crippen LogP contribution < -0.4 is 5.32 Å². The molecule has 7 nitrogen and oxygen atoms in total. The van der Waals surface area contributed by atoms with E-state index in [1.54, 1.807) is 35.8 Å². The molecule has 2 aromatic heterocycles. The summed E-state index contributed by atoms with van der Waals surface area (Å²) >= 11 is 2.83. The first-order valence-corrected chi connectivity index (χ1v) is 10.0. The third-order valence-electron chi connectivity index (χ3n) is 3.86. The molecule has 2 heterocycles. The highest BCUT2D eigenvalue weighted by atomic mass is 32.1. The van der Waals surface area contributed by atoms with Crippen LogP contribution in [0.2, 0.25) is 0 Å². The summed E-state index contributed by atoms with van der Waals surface area (Å²) in [5, 5.41) is 19.0. The van der Waals surface area contributed by atoms with E-state index in [2.05, 4.69) is 29.1 Å². The fourth-order valence-electron chi connectivity index (χ4n) is 2.43. The van der Waals surface area contributed by atoms with Crippen LogP contribution in [-0.2, 0) is 11.2 Å². The van der Waals surface area contributed by atoms with Crippen LogP contribution in [0, 0.1) is 17.0 Å². The fraction of sp³-hybridized carbons (Fsp3) is 0.278. The molecule has 0 bridgehead atoms. The number of hydrogen-bond acceptors (Lipinski definition) is 7. The first-order valence-electron chi connectivity index (χ1n) is 8.28. The van der Waals surface area contributed by atoms with Gasteiger partial charge in [0.15, 0.2) is 5.13 Å². The minimum Gasteiger partial charge on any atom is -0.302 e. The van der Waals surface area contributed by atoms with Crippen LogP contribution in [0.25, 0.3) is 11.3 Å². The van der Waals surface area contributed by atoms with E-state index in [4.69, 9.17) is 0 Å². The van der Waals surface area contributed by atoms with Crippen molar-refractivity contribution in [3.63, 3.8) is 0 Å². The van der Waals surface area contributed by atoms with E-state index >= 15 is 0 Å². The summed E-state index contributed by atoms with van der Waals surface area (Å²) in [6.07, 6.45) is 0.189. The topological polar surface area (TPSA) is 98.0 Å². The lowest BCUT2D eigenvalue weighted by Crippen LogP contribution is -2.14. The van der Waals surface area contributed by atoms with Gasteiger partial charge in [0.05, 0.1) is 27.7 Å². The van der Waals surface area contributed by atoms with Gasteiger partial charge in [-0.15, -0.1) is 22.7 Å². The Bertz CT molecular complexity index is 994. The highest BCUT2D eigenvalue weighted by molar-refractivity contribution is 7.14. The van der Waals surface area contributed by atoms with Gasteiger partial charge in [0, 0.05) is 33.9 Å². The van der Waals surface area contributed by atoms with Crippen LogP contribution >= 0.6 is 22.7 Å². The number of anilines is 1. The molecular formula is C18H18N4O3S2. The summed E-state index contributed by atoms with van der Waals surface area (Å²) in [6.45, 7) is 5.82. The molecule has 0 aliphatic heterocycles. The van der Waals surface area contributed by atoms with Crippen molar-refractivity contribution in [2.24, 2.45) is 0 Å². The predicted octanol–water partition coefficient (Wildman–Crippen LogP) is 4.79. The molecule has 0 unspecified atom stereocenters. The number of carbonyl (C=O) groups is 1. The van der Waals surface area contributed by atoms with E-state index in [1.165, 1.54) is 17.4 Å². The maximum absolute atomic E-state index is 12.2. The van der Waals surface area contributed by atoms with E-state index in [0.717, 1.165) is 10.7 Å². The number of hydrogen-bond donors (Lipinski definition) is 1. The van der Waals surface area contributed by atoms with Gasteiger partial charge >= 0.3 is 0 Å². The van der Waals surface area contributed by atoms with Crippen molar-refractivity contribution in [1.82, 2.24) is 9.97 Å². The maximum atomic E-state index is 12.2. The lowest BCUT2D eigenvalue weighted by Gasteiger charge is -2.01. The van der Waals surface area contributed by atoms with E-state index in [-0.39, 0.29) is 18.0 Å². The Morgan fingerprint density at radius 1 is 1.26 bits per heavy atom. The molecule has 0 spiro atoms. The van der Waals surface area contributed by atoms with Crippen molar-refractivity contribution in [2.75, 3.05) is 5.32 Å². The second-order valence-electron chi connectivity index (χ2n) is 6.35. The lowest BCUT2D eigenvalue weighted by molar-refractivity contribution is -0.385. The van der Waals surface area contributed by atoms with Crippen LogP contribution in [0.4, 0.5) is 10.8 Å². The minimum atomic E-state index is -0.410. The van der Waals surface area contributed by atoms with Crippen LogP contribution in [0.1, 0.15) is 36.0 Å². The van der Waals surface area contributed by atoms with E-state index in [1.807, 2.05) is 5.38 Å². The van der Waals surface area contributed by atoms with Crippen LogP contribution in [0.5, 0.6) is 0 Å². The number of nitro benzene ring substituents is 1. The van der Waals surface area contributed by atoms with Gasteiger partial charge in [0.25, 0.3) is 5.69 Å². The third kappa shape index (κ3) is 4.55. The average molecular weight is 403 g/mol. The molecule has 1 amide bonds. The molecule has 1 aromatic carbocycles. The quantitative estimate of drug-likeness (QED) is 0.472. The summed E-state index contributed by atoms with van der Waals surface area (Å²) in [4.78, 5) is 31.7. The van der Waals surface area contributed by atoms with Gasteiger partial charge < -0.3 is 5.32 Å². The van der Waals surface area contributed by atoms with Crippen molar-refractivity contribution >= 4 is 39.4 Å². The number of benzene rings is 1. The number of nitrogens with zero attached hydrogens (tertiary/aromatic N) is 3. The van der Waals surface area contributed by atoms with Gasteiger partial charge in [-0.2, -0.15) is 0 Å². The molecule has 27 heavy (non-hydrogen) atoms. The van der Waals surface area contributed by atoms with Crippen molar-refractivity contribution in [3.05, 3.63) is 55.3 Å². The summed E-state index contributed by atoms with van der Waals surface area (Å²) in [6, 6.07) is 4.98. The highest BCUT2D eigenvalue weighted by Gasteiger charge is 2.15. The Kier molecular flexibility index (Phi) is 5.62. The number of thiazole rings is 2. The van der Waals surface area contributed by atoms with Crippen molar-refractivity contribution in [1.29, 1.82) is 0 Å². The highest BCUT2D eigenvalue weighted by Crippen LogP contribution is 2.29. The number of nitrogens with one attached hydrogen (secondary N) is 1. The zero-order valence-corrected chi connectivity index (χ0v) is 16.7. The SMILES string of the molecule is Cc1ccc(-c2csc(NC(=O)Cc3csc(C(C)C)n3)n2)cc1[N+](=O)[O-]. The number of carbonyl (C=O) groups excluding carboxylic acids is 1. The van der Waals surface area contributed by atoms with Gasteiger partial charge in [-0.05, 0) is 6.92 Å². The monoisotopic (exact) mass is 402 g/mol. The van der Waals surface area contributed by atoms with Gasteiger partial charge in [-0.1, -0.05) is 26.0 Å². The molecule has 0 saturated carbocycles. The van der Waals surface area contributed by atoms with Crippen LogP contribution in [-0.4, -0.2) is 20.8 Å². The number of aryl methyl sites for hydroxylation is 1. The smallest absolute Gasteiger partial charge is 0.272 e. The molecule has 0 atom stereocenters. The van der Waals surface area contributed by atoms with Crippen molar-refractivity contribution in [2.45, 2.75) is 33.1 Å². The van der Waals surface area contributed by atoms with E-state index in [0.29, 0.717) is 27.9 Å². The molecule has 0 saturated heterocycles. The molecule has 1 N–H and O–H groups in total. The molecule has 3 rings (SSSR count). The summed E-state index contributed by atoms with van der Waals surface area (Å²) in [5.41, 5.74) is 2.62. The second kappa shape index (κ2) is 7.93. The molecule has 0 fully saturated rings.